The van der Waals surface area contributed by atoms with Crippen LogP contribution in [0.2, 0.25) is 0 Å². The molecule has 1 amide bonds. The SMILES string of the molecule is CN(C)c1cccc(C(=O)NN=Cc2ccc(C(=O)O)cc2)c1. The number of carboxylic acids is 1. The van der Waals surface area contributed by atoms with E-state index in [4.69, 9.17) is 5.11 Å². The molecule has 2 N–H and O–H groups in total. The zero-order chi connectivity index (χ0) is 16.8. The van der Waals surface area contributed by atoms with E-state index in [-0.39, 0.29) is 11.5 Å². The summed E-state index contributed by atoms with van der Waals surface area (Å²) in [5.74, 6) is -1.30. The summed E-state index contributed by atoms with van der Waals surface area (Å²) in [6, 6.07) is 13.4. The lowest BCUT2D eigenvalue weighted by molar-refractivity contribution is 0.0696. The zero-order valence-corrected chi connectivity index (χ0v) is 12.9. The minimum Gasteiger partial charge on any atom is -0.478 e. The number of hydrogen-bond donors (Lipinski definition) is 2. The summed E-state index contributed by atoms with van der Waals surface area (Å²) in [4.78, 5) is 24.7. The summed E-state index contributed by atoms with van der Waals surface area (Å²) in [6.45, 7) is 0. The number of carbonyl (C=O) groups excluding carboxylic acids is 1. The van der Waals surface area contributed by atoms with Crippen LogP contribution in [0.1, 0.15) is 26.3 Å². The van der Waals surface area contributed by atoms with Gasteiger partial charge in [-0.05, 0) is 35.9 Å². The van der Waals surface area contributed by atoms with E-state index in [0.717, 1.165) is 5.69 Å². The number of nitrogens with one attached hydrogen (secondary N) is 1. The van der Waals surface area contributed by atoms with E-state index in [0.29, 0.717) is 11.1 Å². The number of carbonyl (C=O) groups is 2. The van der Waals surface area contributed by atoms with Crippen molar-refractivity contribution in [3.8, 4) is 0 Å². The predicted molar refractivity (Wildman–Crippen MR) is 89.2 cm³/mol. The Labute approximate surface area is 134 Å². The third-order valence-corrected chi connectivity index (χ3v) is 3.16. The van der Waals surface area contributed by atoms with E-state index in [1.807, 2.05) is 25.1 Å². The van der Waals surface area contributed by atoms with Gasteiger partial charge >= 0.3 is 5.97 Å². The van der Waals surface area contributed by atoms with Gasteiger partial charge in [-0.2, -0.15) is 5.10 Å². The largest absolute Gasteiger partial charge is 0.478 e. The molecule has 23 heavy (non-hydrogen) atoms. The minimum atomic E-state index is -0.984. The van der Waals surface area contributed by atoms with E-state index in [1.54, 1.807) is 30.3 Å². The van der Waals surface area contributed by atoms with E-state index in [1.165, 1.54) is 18.3 Å². The second-order valence-corrected chi connectivity index (χ2v) is 5.07. The quantitative estimate of drug-likeness (QED) is 0.655. The molecule has 0 fully saturated rings. The number of rotatable bonds is 5. The number of amides is 1. The molecule has 2 rings (SSSR count). The third-order valence-electron chi connectivity index (χ3n) is 3.16. The van der Waals surface area contributed by atoms with Crippen LogP contribution in [0.25, 0.3) is 0 Å². The van der Waals surface area contributed by atoms with Gasteiger partial charge in [0.1, 0.15) is 0 Å². The molecule has 6 heteroatoms. The maximum absolute atomic E-state index is 12.0. The van der Waals surface area contributed by atoms with Crippen molar-refractivity contribution in [3.63, 3.8) is 0 Å². The third kappa shape index (κ3) is 4.41. The minimum absolute atomic E-state index is 0.201. The summed E-state index contributed by atoms with van der Waals surface area (Å²) in [7, 11) is 3.80. The monoisotopic (exact) mass is 311 g/mol. The van der Waals surface area contributed by atoms with Crippen molar-refractivity contribution in [2.45, 2.75) is 0 Å². The van der Waals surface area contributed by atoms with Crippen LogP contribution in [0.5, 0.6) is 0 Å². The van der Waals surface area contributed by atoms with E-state index in [9.17, 15) is 9.59 Å². The fraction of sp³-hybridized carbons (Fsp3) is 0.118. The van der Waals surface area contributed by atoms with Crippen molar-refractivity contribution < 1.29 is 14.7 Å². The second kappa shape index (κ2) is 7.22. The molecule has 0 saturated carbocycles. The Kier molecular flexibility index (Phi) is 5.09. The molecule has 0 aliphatic heterocycles. The van der Waals surface area contributed by atoms with Gasteiger partial charge in [0.2, 0.25) is 0 Å². The van der Waals surface area contributed by atoms with Gasteiger partial charge in [0.15, 0.2) is 0 Å². The fourth-order valence-electron chi connectivity index (χ4n) is 1.87. The van der Waals surface area contributed by atoms with Crippen LogP contribution in [0.4, 0.5) is 5.69 Å². The van der Waals surface area contributed by atoms with Gasteiger partial charge in [-0.3, -0.25) is 4.79 Å². The average Bonchev–Trinajstić information content (AvgIpc) is 2.55. The Hall–Kier alpha value is -3.15. The number of carboxylic acid groups (broad SMARTS) is 1. The smallest absolute Gasteiger partial charge is 0.335 e. The molecule has 0 aliphatic carbocycles. The molecule has 0 aromatic heterocycles. The Morgan fingerprint density at radius 2 is 1.78 bits per heavy atom. The molecule has 0 aliphatic rings. The van der Waals surface area contributed by atoms with Crippen molar-refractivity contribution >= 4 is 23.8 Å². The highest BCUT2D eigenvalue weighted by Crippen LogP contribution is 2.13. The molecular formula is C17H17N3O3. The summed E-state index contributed by atoms with van der Waals surface area (Å²) >= 11 is 0. The lowest BCUT2D eigenvalue weighted by Crippen LogP contribution is -2.18. The molecule has 2 aromatic rings. The van der Waals surface area contributed by atoms with E-state index < -0.39 is 5.97 Å². The number of aromatic carboxylic acids is 1. The first kappa shape index (κ1) is 16.2. The first-order valence-corrected chi connectivity index (χ1v) is 6.91. The standard InChI is InChI=1S/C17H17N3O3/c1-20(2)15-5-3-4-14(10-15)16(21)19-18-11-12-6-8-13(9-7-12)17(22)23/h3-11H,1-2H3,(H,19,21)(H,22,23). The normalized spacial score (nSPS) is 10.5. The molecule has 0 heterocycles. The second-order valence-electron chi connectivity index (χ2n) is 5.07. The number of hydrogen-bond acceptors (Lipinski definition) is 4. The molecule has 2 aromatic carbocycles. The Bertz CT molecular complexity index is 737. The number of hydrazone groups is 1. The predicted octanol–water partition coefficient (Wildman–Crippen LogP) is 2.21. The summed E-state index contributed by atoms with van der Waals surface area (Å²) in [6.07, 6.45) is 1.46. The van der Waals surface area contributed by atoms with Crippen molar-refractivity contribution in [3.05, 3.63) is 65.2 Å². The molecule has 0 saturated heterocycles. The molecule has 6 nitrogen and oxygen atoms in total. The topological polar surface area (TPSA) is 82.0 Å². The maximum atomic E-state index is 12.0. The van der Waals surface area contributed by atoms with E-state index >= 15 is 0 Å². The van der Waals surface area contributed by atoms with Crippen molar-refractivity contribution in [1.29, 1.82) is 0 Å². The average molecular weight is 311 g/mol. The van der Waals surface area contributed by atoms with Gasteiger partial charge in [-0.15, -0.1) is 0 Å². The van der Waals surface area contributed by atoms with Gasteiger partial charge in [-0.1, -0.05) is 18.2 Å². The highest BCUT2D eigenvalue weighted by atomic mass is 16.4. The molecule has 0 atom stereocenters. The molecule has 0 unspecified atom stereocenters. The van der Waals surface area contributed by atoms with Crippen molar-refractivity contribution in [2.24, 2.45) is 5.10 Å². The fourth-order valence-corrected chi connectivity index (χ4v) is 1.87. The highest BCUT2D eigenvalue weighted by molar-refractivity contribution is 5.96. The lowest BCUT2D eigenvalue weighted by atomic mass is 10.1. The number of nitrogens with zero attached hydrogens (tertiary/aromatic N) is 2. The number of anilines is 1. The lowest BCUT2D eigenvalue weighted by Gasteiger charge is -2.12. The van der Waals surface area contributed by atoms with E-state index in [2.05, 4.69) is 10.5 Å². The molecule has 0 spiro atoms. The Balaban J connectivity index is 2.01. The Morgan fingerprint density at radius 1 is 1.09 bits per heavy atom. The van der Waals surface area contributed by atoms with Crippen molar-refractivity contribution in [1.82, 2.24) is 5.43 Å². The summed E-state index contributed by atoms with van der Waals surface area (Å²) in [5.41, 5.74) is 4.77. The van der Waals surface area contributed by atoms with Gasteiger partial charge in [0, 0.05) is 25.3 Å². The van der Waals surface area contributed by atoms with Gasteiger partial charge in [-0.25, -0.2) is 10.2 Å². The van der Waals surface area contributed by atoms with Crippen LogP contribution >= 0.6 is 0 Å². The first-order chi connectivity index (χ1) is 11.0. The molecule has 118 valence electrons. The summed E-state index contributed by atoms with van der Waals surface area (Å²) in [5, 5.41) is 12.7. The molecular weight excluding hydrogens is 294 g/mol. The van der Waals surface area contributed by atoms with Crippen molar-refractivity contribution in [2.75, 3.05) is 19.0 Å². The van der Waals surface area contributed by atoms with Gasteiger partial charge in [0.05, 0.1) is 11.8 Å². The van der Waals surface area contributed by atoms with Crippen LogP contribution < -0.4 is 10.3 Å². The van der Waals surface area contributed by atoms with Crippen LogP contribution in [0, 0.1) is 0 Å². The summed E-state index contributed by atoms with van der Waals surface area (Å²) < 4.78 is 0. The zero-order valence-electron chi connectivity index (χ0n) is 12.9. The molecule has 0 radical (unpaired) electrons. The maximum Gasteiger partial charge on any atom is 0.335 e. The van der Waals surface area contributed by atoms with Crippen LogP contribution in [-0.2, 0) is 0 Å². The van der Waals surface area contributed by atoms with Gasteiger partial charge in [0.25, 0.3) is 5.91 Å². The van der Waals surface area contributed by atoms with Crippen LogP contribution in [0.15, 0.2) is 53.6 Å². The first-order valence-electron chi connectivity index (χ1n) is 6.91. The number of benzene rings is 2. The van der Waals surface area contributed by atoms with Gasteiger partial charge < -0.3 is 10.0 Å². The van der Waals surface area contributed by atoms with Crippen LogP contribution in [-0.4, -0.2) is 37.3 Å². The molecule has 0 bridgehead atoms. The Morgan fingerprint density at radius 3 is 2.39 bits per heavy atom. The highest BCUT2D eigenvalue weighted by Gasteiger charge is 2.06. The van der Waals surface area contributed by atoms with Crippen LogP contribution in [0.3, 0.4) is 0 Å².